The molecule has 110 valence electrons. The largest absolute Gasteiger partial charge is 0.371 e. The third-order valence-corrected chi connectivity index (χ3v) is 4.26. The Labute approximate surface area is 122 Å². The Morgan fingerprint density at radius 1 is 1.29 bits per heavy atom. The van der Waals surface area contributed by atoms with Gasteiger partial charge in [-0.15, -0.1) is 0 Å². The van der Waals surface area contributed by atoms with Gasteiger partial charge in [-0.25, -0.2) is 0 Å². The van der Waals surface area contributed by atoms with Gasteiger partial charge in [0.25, 0.3) is 5.69 Å². The summed E-state index contributed by atoms with van der Waals surface area (Å²) in [6.45, 7) is 2.62. The van der Waals surface area contributed by atoms with Crippen LogP contribution >= 0.6 is 0 Å². The summed E-state index contributed by atoms with van der Waals surface area (Å²) in [6.07, 6.45) is 5.39. The molecule has 21 heavy (non-hydrogen) atoms. The molecule has 0 unspecified atom stereocenters. The lowest BCUT2D eigenvalue weighted by Gasteiger charge is -2.33. The number of benzene rings is 1. The first-order chi connectivity index (χ1) is 10.2. The van der Waals surface area contributed by atoms with Crippen LogP contribution in [-0.2, 0) is 0 Å². The molecule has 1 aromatic heterocycles. The van der Waals surface area contributed by atoms with Gasteiger partial charge in [0, 0.05) is 42.6 Å². The number of fused-ring (bicyclic) bond motifs is 1. The number of nitrogens with two attached hydrogens (primary N) is 1. The maximum Gasteiger partial charge on any atom is 0.278 e. The minimum Gasteiger partial charge on any atom is -0.371 e. The highest BCUT2D eigenvalue weighted by atomic mass is 16.6. The molecular formula is C15H18N4O2. The Morgan fingerprint density at radius 2 is 2.05 bits per heavy atom. The quantitative estimate of drug-likeness (QED) is 0.691. The SMILES string of the molecule is NCC1CCN(c2ccc([N+](=O)[O-])c3cnccc23)CC1. The molecular weight excluding hydrogens is 268 g/mol. The van der Waals surface area contributed by atoms with Crippen LogP contribution in [0.15, 0.2) is 30.6 Å². The summed E-state index contributed by atoms with van der Waals surface area (Å²) in [6, 6.07) is 5.28. The maximum absolute atomic E-state index is 11.1. The number of piperidine rings is 1. The van der Waals surface area contributed by atoms with Gasteiger partial charge >= 0.3 is 0 Å². The number of nitro groups is 1. The lowest BCUT2D eigenvalue weighted by atomic mass is 9.96. The van der Waals surface area contributed by atoms with Crippen molar-refractivity contribution in [2.45, 2.75) is 12.8 Å². The summed E-state index contributed by atoms with van der Waals surface area (Å²) < 4.78 is 0. The van der Waals surface area contributed by atoms with Gasteiger partial charge < -0.3 is 10.6 Å². The van der Waals surface area contributed by atoms with Gasteiger partial charge in [0.15, 0.2) is 0 Å². The molecule has 0 radical (unpaired) electrons. The second-order valence-corrected chi connectivity index (χ2v) is 5.45. The van der Waals surface area contributed by atoms with Gasteiger partial charge in [0.1, 0.15) is 0 Å². The molecule has 3 rings (SSSR count). The lowest BCUT2D eigenvalue weighted by molar-refractivity contribution is -0.383. The normalized spacial score (nSPS) is 16.3. The molecule has 1 aliphatic heterocycles. The van der Waals surface area contributed by atoms with Crippen molar-refractivity contribution >= 4 is 22.1 Å². The van der Waals surface area contributed by atoms with Gasteiger partial charge in [-0.2, -0.15) is 0 Å². The number of rotatable bonds is 3. The molecule has 0 aliphatic carbocycles. The highest BCUT2D eigenvalue weighted by molar-refractivity contribution is 5.99. The van der Waals surface area contributed by atoms with Crippen LogP contribution in [0.3, 0.4) is 0 Å². The van der Waals surface area contributed by atoms with Crippen LogP contribution in [0, 0.1) is 16.0 Å². The van der Waals surface area contributed by atoms with Gasteiger partial charge in [0.2, 0.25) is 0 Å². The predicted molar refractivity (Wildman–Crippen MR) is 82.4 cm³/mol. The van der Waals surface area contributed by atoms with Crippen LogP contribution in [0.2, 0.25) is 0 Å². The monoisotopic (exact) mass is 286 g/mol. The van der Waals surface area contributed by atoms with E-state index in [-0.39, 0.29) is 10.6 Å². The van der Waals surface area contributed by atoms with Gasteiger partial charge in [-0.3, -0.25) is 15.1 Å². The van der Waals surface area contributed by atoms with Crippen LogP contribution < -0.4 is 10.6 Å². The van der Waals surface area contributed by atoms with Crippen LogP contribution in [0.1, 0.15) is 12.8 Å². The molecule has 0 spiro atoms. The second-order valence-electron chi connectivity index (χ2n) is 5.45. The fourth-order valence-corrected chi connectivity index (χ4v) is 3.00. The van der Waals surface area contributed by atoms with Crippen molar-refractivity contribution in [2.75, 3.05) is 24.5 Å². The summed E-state index contributed by atoms with van der Waals surface area (Å²) in [5.74, 6) is 0.590. The predicted octanol–water partition coefficient (Wildman–Crippen LogP) is 2.32. The molecule has 0 atom stereocenters. The van der Waals surface area contributed by atoms with Crippen molar-refractivity contribution in [1.29, 1.82) is 0 Å². The molecule has 1 fully saturated rings. The van der Waals surface area contributed by atoms with E-state index < -0.39 is 0 Å². The molecule has 0 amide bonds. The van der Waals surface area contributed by atoms with E-state index in [1.807, 2.05) is 12.1 Å². The van der Waals surface area contributed by atoms with Crippen molar-refractivity contribution in [3.63, 3.8) is 0 Å². The molecule has 2 N–H and O–H groups in total. The highest BCUT2D eigenvalue weighted by Crippen LogP contribution is 2.34. The molecule has 6 heteroatoms. The van der Waals surface area contributed by atoms with Crippen LogP contribution in [0.25, 0.3) is 10.8 Å². The van der Waals surface area contributed by atoms with E-state index in [0.717, 1.165) is 43.5 Å². The number of pyridine rings is 1. The summed E-state index contributed by atoms with van der Waals surface area (Å²) >= 11 is 0. The third kappa shape index (κ3) is 2.54. The van der Waals surface area contributed by atoms with E-state index in [1.165, 1.54) is 0 Å². The third-order valence-electron chi connectivity index (χ3n) is 4.26. The molecule has 0 saturated carbocycles. The number of aromatic nitrogens is 1. The maximum atomic E-state index is 11.1. The zero-order valence-corrected chi connectivity index (χ0v) is 11.7. The van der Waals surface area contributed by atoms with Gasteiger partial charge in [0.05, 0.1) is 10.3 Å². The first-order valence-electron chi connectivity index (χ1n) is 7.17. The number of nitro benzene ring substituents is 1. The Bertz CT molecular complexity index is 666. The molecule has 6 nitrogen and oxygen atoms in total. The average molecular weight is 286 g/mol. The van der Waals surface area contributed by atoms with Crippen molar-refractivity contribution in [1.82, 2.24) is 4.98 Å². The number of nitrogens with zero attached hydrogens (tertiary/aromatic N) is 3. The Balaban J connectivity index is 2.00. The summed E-state index contributed by atoms with van der Waals surface area (Å²) in [5, 5.41) is 12.6. The topological polar surface area (TPSA) is 85.3 Å². The van der Waals surface area contributed by atoms with E-state index in [2.05, 4.69) is 9.88 Å². The fourth-order valence-electron chi connectivity index (χ4n) is 3.00. The van der Waals surface area contributed by atoms with Crippen molar-refractivity contribution in [3.8, 4) is 0 Å². The van der Waals surface area contributed by atoms with Crippen LogP contribution in [-0.4, -0.2) is 29.5 Å². The first-order valence-corrected chi connectivity index (χ1v) is 7.17. The number of anilines is 1. The van der Waals surface area contributed by atoms with E-state index in [4.69, 9.17) is 5.73 Å². The van der Waals surface area contributed by atoms with Crippen LogP contribution in [0.4, 0.5) is 11.4 Å². The Kier molecular flexibility index (Phi) is 3.70. The van der Waals surface area contributed by atoms with E-state index in [1.54, 1.807) is 18.5 Å². The molecule has 1 aromatic carbocycles. The second kappa shape index (κ2) is 5.65. The molecule has 2 aromatic rings. The summed E-state index contributed by atoms with van der Waals surface area (Å²) in [7, 11) is 0. The van der Waals surface area contributed by atoms with E-state index in [9.17, 15) is 10.1 Å². The standard InChI is InChI=1S/C15H18N4O2/c16-9-11-4-7-18(8-5-11)14-1-2-15(19(20)21)13-10-17-6-3-12(13)14/h1-3,6,10-11H,4-5,7-9,16H2. The molecule has 2 heterocycles. The minimum absolute atomic E-state index is 0.110. The van der Waals surface area contributed by atoms with Gasteiger partial charge in [-0.05, 0) is 37.4 Å². The van der Waals surface area contributed by atoms with Crippen molar-refractivity contribution < 1.29 is 4.92 Å². The van der Waals surface area contributed by atoms with E-state index in [0.29, 0.717) is 11.3 Å². The lowest BCUT2D eigenvalue weighted by Crippen LogP contribution is -2.36. The van der Waals surface area contributed by atoms with Crippen LogP contribution in [0.5, 0.6) is 0 Å². The minimum atomic E-state index is -0.353. The number of hydrogen-bond acceptors (Lipinski definition) is 5. The van der Waals surface area contributed by atoms with E-state index >= 15 is 0 Å². The number of non-ortho nitro benzene ring substituents is 1. The molecule has 1 aliphatic rings. The highest BCUT2D eigenvalue weighted by Gasteiger charge is 2.22. The zero-order valence-electron chi connectivity index (χ0n) is 11.7. The van der Waals surface area contributed by atoms with Gasteiger partial charge in [-0.1, -0.05) is 0 Å². The average Bonchev–Trinajstić information content (AvgIpc) is 2.54. The Morgan fingerprint density at radius 3 is 2.71 bits per heavy atom. The summed E-state index contributed by atoms with van der Waals surface area (Å²) in [5.41, 5.74) is 6.89. The zero-order chi connectivity index (χ0) is 14.8. The summed E-state index contributed by atoms with van der Waals surface area (Å²) in [4.78, 5) is 17.1. The fraction of sp³-hybridized carbons (Fsp3) is 0.400. The first kappa shape index (κ1) is 13.8. The number of hydrogen-bond donors (Lipinski definition) is 1. The molecule has 1 saturated heterocycles. The Hall–Kier alpha value is -2.21. The molecule has 0 bridgehead atoms. The van der Waals surface area contributed by atoms with Crippen molar-refractivity contribution in [2.24, 2.45) is 11.7 Å². The van der Waals surface area contributed by atoms with Crippen molar-refractivity contribution in [3.05, 3.63) is 40.7 Å². The smallest absolute Gasteiger partial charge is 0.278 e.